The van der Waals surface area contributed by atoms with Crippen molar-refractivity contribution in [2.45, 2.75) is 20.0 Å². The van der Waals surface area contributed by atoms with Crippen LogP contribution in [0.15, 0.2) is 30.7 Å². The van der Waals surface area contributed by atoms with Crippen LogP contribution in [0.3, 0.4) is 0 Å². The molecule has 8 nitrogen and oxygen atoms in total. The van der Waals surface area contributed by atoms with Gasteiger partial charge >= 0.3 is 0 Å². The Bertz CT molecular complexity index is 987. The maximum Gasteiger partial charge on any atom is 0.266 e. The van der Waals surface area contributed by atoms with Gasteiger partial charge in [0, 0.05) is 36.3 Å². The van der Waals surface area contributed by atoms with Gasteiger partial charge in [0.25, 0.3) is 5.91 Å². The van der Waals surface area contributed by atoms with Gasteiger partial charge in [0.1, 0.15) is 11.0 Å². The predicted molar refractivity (Wildman–Crippen MR) is 106 cm³/mol. The summed E-state index contributed by atoms with van der Waals surface area (Å²) in [5.41, 5.74) is 8.83. The number of anilines is 1. The van der Waals surface area contributed by atoms with Gasteiger partial charge < -0.3 is 15.4 Å². The number of carbonyl (C=O) groups is 1. The fraction of sp³-hybridized carbons (Fsp3) is 0.316. The van der Waals surface area contributed by atoms with Crippen LogP contribution in [-0.2, 0) is 4.74 Å². The predicted octanol–water partition coefficient (Wildman–Crippen LogP) is 2.41. The number of nitrogen functional groups attached to an aromatic ring is 1. The number of nitrogens with zero attached hydrogens (tertiary/aromatic N) is 5. The number of amides is 1. The Kier molecular flexibility index (Phi) is 5.01. The molecule has 2 N–H and O–H groups in total. The third-order valence-corrected chi connectivity index (χ3v) is 5.63. The van der Waals surface area contributed by atoms with E-state index in [2.05, 4.69) is 19.9 Å². The molecule has 3 aromatic heterocycles. The van der Waals surface area contributed by atoms with E-state index in [0.717, 1.165) is 27.5 Å². The zero-order valence-electron chi connectivity index (χ0n) is 15.6. The number of ether oxygens (including phenoxy) is 1. The zero-order chi connectivity index (χ0) is 19.7. The molecule has 4 heterocycles. The summed E-state index contributed by atoms with van der Waals surface area (Å²) in [4.78, 5) is 32.3. The van der Waals surface area contributed by atoms with Crippen molar-refractivity contribution in [1.82, 2.24) is 24.8 Å². The summed E-state index contributed by atoms with van der Waals surface area (Å²) >= 11 is 1.43. The van der Waals surface area contributed by atoms with Crippen LogP contribution in [0.4, 0.5) is 5.95 Å². The molecule has 0 radical (unpaired) electrons. The number of aryl methyl sites for hydroxylation is 2. The smallest absolute Gasteiger partial charge is 0.266 e. The molecule has 3 aromatic rings. The maximum atomic E-state index is 12.9. The van der Waals surface area contributed by atoms with E-state index in [-0.39, 0.29) is 18.0 Å². The third kappa shape index (κ3) is 3.71. The molecule has 4 rings (SSSR count). The Morgan fingerprint density at radius 1 is 1.18 bits per heavy atom. The highest BCUT2D eigenvalue weighted by Crippen LogP contribution is 2.26. The van der Waals surface area contributed by atoms with Crippen molar-refractivity contribution in [3.05, 3.63) is 52.0 Å². The fourth-order valence-electron chi connectivity index (χ4n) is 3.14. The molecule has 1 aliphatic rings. The van der Waals surface area contributed by atoms with Gasteiger partial charge in [-0.1, -0.05) is 6.07 Å². The molecule has 1 atom stereocenters. The number of aromatic nitrogens is 4. The van der Waals surface area contributed by atoms with Gasteiger partial charge in [-0.15, -0.1) is 11.3 Å². The number of hydrogen-bond donors (Lipinski definition) is 1. The Morgan fingerprint density at radius 3 is 2.57 bits per heavy atom. The standard InChI is InChI=1S/C19H20N6O2S/c1-11-17(28-12(2)24-11)18(26)25-5-6-27-16(10-25)15-4-3-13(7-21-15)14-8-22-19(20)23-9-14/h3-4,7-9,16H,5-6,10H2,1-2H3,(H2,20,22,23)/t16-/m0/s1. The molecule has 1 aliphatic heterocycles. The highest BCUT2D eigenvalue weighted by molar-refractivity contribution is 7.13. The molecule has 0 aliphatic carbocycles. The Hall–Kier alpha value is -2.91. The SMILES string of the molecule is Cc1nc(C)c(C(=O)N2CCO[C@H](c3ccc(-c4cnc(N)nc4)cn3)C2)s1. The number of rotatable bonds is 3. The first-order valence-corrected chi connectivity index (χ1v) is 9.71. The van der Waals surface area contributed by atoms with Gasteiger partial charge in [0.2, 0.25) is 5.95 Å². The molecule has 1 fully saturated rings. The number of nitrogens with two attached hydrogens (primary N) is 1. The van der Waals surface area contributed by atoms with E-state index in [1.54, 1.807) is 18.6 Å². The van der Waals surface area contributed by atoms with Crippen LogP contribution in [0.25, 0.3) is 11.1 Å². The second-order valence-electron chi connectivity index (χ2n) is 6.56. The van der Waals surface area contributed by atoms with Crippen molar-refractivity contribution in [3.63, 3.8) is 0 Å². The average molecular weight is 396 g/mol. The summed E-state index contributed by atoms with van der Waals surface area (Å²) in [7, 11) is 0. The molecule has 9 heteroatoms. The first-order chi connectivity index (χ1) is 13.5. The maximum absolute atomic E-state index is 12.9. The van der Waals surface area contributed by atoms with Crippen LogP contribution in [0.2, 0.25) is 0 Å². The number of pyridine rings is 1. The summed E-state index contributed by atoms with van der Waals surface area (Å²) in [6.07, 6.45) is 4.82. The van der Waals surface area contributed by atoms with Crippen LogP contribution in [0, 0.1) is 13.8 Å². The van der Waals surface area contributed by atoms with Gasteiger partial charge in [-0.25, -0.2) is 15.0 Å². The highest BCUT2D eigenvalue weighted by atomic mass is 32.1. The van der Waals surface area contributed by atoms with Crippen molar-refractivity contribution in [1.29, 1.82) is 0 Å². The molecular formula is C19H20N6O2S. The lowest BCUT2D eigenvalue weighted by atomic mass is 10.1. The monoisotopic (exact) mass is 396 g/mol. The van der Waals surface area contributed by atoms with E-state index in [1.807, 2.05) is 30.9 Å². The summed E-state index contributed by atoms with van der Waals surface area (Å²) < 4.78 is 5.87. The molecule has 0 unspecified atom stereocenters. The van der Waals surface area contributed by atoms with Crippen LogP contribution in [-0.4, -0.2) is 50.4 Å². The summed E-state index contributed by atoms with van der Waals surface area (Å²) in [6.45, 7) is 5.28. The van der Waals surface area contributed by atoms with E-state index in [9.17, 15) is 4.79 Å². The summed E-state index contributed by atoms with van der Waals surface area (Å²) in [6, 6.07) is 3.85. The van der Waals surface area contributed by atoms with Gasteiger partial charge in [-0.2, -0.15) is 0 Å². The van der Waals surface area contributed by atoms with Gasteiger partial charge in [-0.05, 0) is 19.9 Å². The van der Waals surface area contributed by atoms with Gasteiger partial charge in [0.05, 0.1) is 29.5 Å². The number of morpholine rings is 1. The summed E-state index contributed by atoms with van der Waals surface area (Å²) in [5, 5.41) is 0.898. The highest BCUT2D eigenvalue weighted by Gasteiger charge is 2.28. The lowest BCUT2D eigenvalue weighted by Gasteiger charge is -2.32. The summed E-state index contributed by atoms with van der Waals surface area (Å²) in [5.74, 6) is 0.243. The number of thiazole rings is 1. The number of hydrogen-bond acceptors (Lipinski definition) is 8. The topological polar surface area (TPSA) is 107 Å². The minimum atomic E-state index is -0.260. The van der Waals surface area contributed by atoms with E-state index < -0.39 is 0 Å². The largest absolute Gasteiger partial charge is 0.368 e. The fourth-order valence-corrected chi connectivity index (χ4v) is 4.03. The normalized spacial score (nSPS) is 16.9. The minimum Gasteiger partial charge on any atom is -0.368 e. The van der Waals surface area contributed by atoms with Crippen molar-refractivity contribution >= 4 is 23.2 Å². The van der Waals surface area contributed by atoms with Crippen LogP contribution >= 0.6 is 11.3 Å². The van der Waals surface area contributed by atoms with Crippen molar-refractivity contribution in [2.24, 2.45) is 0 Å². The second-order valence-corrected chi connectivity index (χ2v) is 7.76. The Morgan fingerprint density at radius 2 is 1.93 bits per heavy atom. The molecule has 0 bridgehead atoms. The Labute approximate surface area is 166 Å². The average Bonchev–Trinajstić information content (AvgIpc) is 3.06. The molecule has 0 saturated carbocycles. The quantitative estimate of drug-likeness (QED) is 0.724. The molecule has 28 heavy (non-hydrogen) atoms. The van der Waals surface area contributed by atoms with Crippen LogP contribution in [0.5, 0.6) is 0 Å². The Balaban J connectivity index is 1.49. The molecule has 0 spiro atoms. The van der Waals surface area contributed by atoms with Crippen molar-refractivity contribution < 1.29 is 9.53 Å². The first-order valence-electron chi connectivity index (χ1n) is 8.90. The molecular weight excluding hydrogens is 376 g/mol. The molecule has 144 valence electrons. The van der Waals surface area contributed by atoms with Gasteiger partial charge in [0.15, 0.2) is 0 Å². The molecule has 1 amide bonds. The minimum absolute atomic E-state index is 0.00652. The van der Waals surface area contributed by atoms with Gasteiger partial charge in [-0.3, -0.25) is 9.78 Å². The van der Waals surface area contributed by atoms with Crippen LogP contribution in [0.1, 0.15) is 32.2 Å². The third-order valence-electron chi connectivity index (χ3n) is 4.57. The lowest BCUT2D eigenvalue weighted by molar-refractivity contribution is -0.0245. The van der Waals surface area contributed by atoms with Crippen LogP contribution < -0.4 is 5.73 Å². The van der Waals surface area contributed by atoms with E-state index in [4.69, 9.17) is 10.5 Å². The van der Waals surface area contributed by atoms with E-state index >= 15 is 0 Å². The second kappa shape index (κ2) is 7.61. The van der Waals surface area contributed by atoms with E-state index in [0.29, 0.717) is 24.6 Å². The van der Waals surface area contributed by atoms with E-state index in [1.165, 1.54) is 11.3 Å². The zero-order valence-corrected chi connectivity index (χ0v) is 16.4. The molecule has 0 aromatic carbocycles. The van der Waals surface area contributed by atoms with Crippen molar-refractivity contribution in [2.75, 3.05) is 25.4 Å². The first kappa shape index (κ1) is 18.5. The van der Waals surface area contributed by atoms with Crippen molar-refractivity contribution in [3.8, 4) is 11.1 Å². The molecule has 1 saturated heterocycles. The number of carbonyl (C=O) groups excluding carboxylic acids is 1. The lowest BCUT2D eigenvalue weighted by Crippen LogP contribution is -2.42.